The summed E-state index contributed by atoms with van der Waals surface area (Å²) in [5.74, 6) is -2.65. The van der Waals surface area contributed by atoms with Crippen LogP contribution in [0.3, 0.4) is 0 Å². The van der Waals surface area contributed by atoms with E-state index in [0.717, 1.165) is 0 Å². The first-order valence-electron chi connectivity index (χ1n) is 8.09. The van der Waals surface area contributed by atoms with Crippen LogP contribution in [0.2, 0.25) is 0 Å². The molecular weight excluding hydrogens is 356 g/mol. The summed E-state index contributed by atoms with van der Waals surface area (Å²) in [4.78, 5) is 0. The van der Waals surface area contributed by atoms with Crippen molar-refractivity contribution in [2.75, 3.05) is 13.2 Å². The summed E-state index contributed by atoms with van der Waals surface area (Å²) >= 11 is 0. The lowest BCUT2D eigenvalue weighted by molar-refractivity contribution is -0.380. The van der Waals surface area contributed by atoms with Gasteiger partial charge in [-0.25, -0.2) is 0 Å². The van der Waals surface area contributed by atoms with Crippen molar-refractivity contribution in [3.63, 3.8) is 0 Å². The van der Waals surface area contributed by atoms with Gasteiger partial charge in [0.05, 0.1) is 6.61 Å². The maximum absolute atomic E-state index is 10.1. The van der Waals surface area contributed by atoms with Crippen molar-refractivity contribution < 1.29 is 55.1 Å². The monoisotopic (exact) mass is 382 g/mol. The average molecular weight is 382 g/mol. The van der Waals surface area contributed by atoms with Gasteiger partial charge in [0, 0.05) is 0 Å². The molecule has 11 heteroatoms. The van der Waals surface area contributed by atoms with Crippen molar-refractivity contribution in [1.82, 2.24) is 0 Å². The van der Waals surface area contributed by atoms with Gasteiger partial charge >= 0.3 is 0 Å². The lowest BCUT2D eigenvalue weighted by atomic mass is 9.96. The molecule has 2 fully saturated rings. The molecule has 0 aromatic rings. The molecule has 9 atom stereocenters. The Hall–Kier alpha value is -0.860. The van der Waals surface area contributed by atoms with E-state index in [9.17, 15) is 35.7 Å². The highest BCUT2D eigenvalue weighted by atomic mass is 16.8. The molecule has 0 aliphatic carbocycles. The van der Waals surface area contributed by atoms with Gasteiger partial charge < -0.3 is 55.1 Å². The molecule has 0 spiro atoms. The molecule has 1 unspecified atom stereocenters. The van der Waals surface area contributed by atoms with E-state index in [4.69, 9.17) is 19.3 Å². The predicted molar refractivity (Wildman–Crippen MR) is 82.6 cm³/mol. The van der Waals surface area contributed by atoms with Gasteiger partial charge in [0.25, 0.3) is 0 Å². The smallest absolute Gasteiger partial charge is 0.224 e. The summed E-state index contributed by atoms with van der Waals surface area (Å²) in [6, 6.07) is 0. The van der Waals surface area contributed by atoms with Crippen molar-refractivity contribution in [2.45, 2.75) is 68.7 Å². The minimum absolute atomic E-state index is 0.376. The molecule has 152 valence electrons. The molecule has 2 aliphatic heterocycles. The third-order valence-electron chi connectivity index (χ3n) is 4.57. The lowest BCUT2D eigenvalue weighted by Gasteiger charge is -2.43. The molecule has 2 saturated heterocycles. The van der Waals surface area contributed by atoms with Crippen LogP contribution in [0.25, 0.3) is 0 Å². The zero-order valence-electron chi connectivity index (χ0n) is 14.3. The van der Waals surface area contributed by atoms with E-state index in [0.29, 0.717) is 5.57 Å². The Morgan fingerprint density at radius 3 is 2.04 bits per heavy atom. The van der Waals surface area contributed by atoms with Crippen LogP contribution in [-0.2, 0) is 14.2 Å². The van der Waals surface area contributed by atoms with Gasteiger partial charge in [-0.2, -0.15) is 0 Å². The van der Waals surface area contributed by atoms with E-state index in [1.54, 1.807) is 0 Å². The molecule has 8 N–H and O–H groups in total. The van der Waals surface area contributed by atoms with Gasteiger partial charge in [0.1, 0.15) is 55.1 Å². The van der Waals surface area contributed by atoms with Crippen LogP contribution < -0.4 is 0 Å². The second-order valence-corrected chi connectivity index (χ2v) is 6.64. The number of hydrogen-bond acceptors (Lipinski definition) is 11. The average Bonchev–Trinajstić information content (AvgIpc) is 2.86. The molecule has 11 nitrogen and oxygen atoms in total. The highest BCUT2D eigenvalue weighted by Crippen LogP contribution is 2.36. The second-order valence-electron chi connectivity index (χ2n) is 6.64. The largest absolute Gasteiger partial charge is 0.510 e. The number of hydrogen-bond donors (Lipinski definition) is 8. The van der Waals surface area contributed by atoms with Crippen molar-refractivity contribution in [2.24, 2.45) is 0 Å². The molecule has 2 rings (SSSR count). The van der Waals surface area contributed by atoms with E-state index < -0.39 is 73.8 Å². The molecule has 0 bridgehead atoms. The Bertz CT molecular complexity index is 522. The van der Waals surface area contributed by atoms with Crippen LogP contribution in [0.5, 0.6) is 0 Å². The molecule has 2 heterocycles. The van der Waals surface area contributed by atoms with Gasteiger partial charge in [-0.15, -0.1) is 0 Å². The zero-order valence-corrected chi connectivity index (χ0v) is 14.3. The normalized spacial score (nSPS) is 46.3. The third-order valence-corrected chi connectivity index (χ3v) is 4.57. The number of ether oxygens (including phenoxy) is 3. The van der Waals surface area contributed by atoms with E-state index in [1.165, 1.54) is 13.8 Å². The van der Waals surface area contributed by atoms with E-state index >= 15 is 0 Å². The Morgan fingerprint density at radius 1 is 0.962 bits per heavy atom. The first kappa shape index (κ1) is 21.4. The SMILES string of the molecule is CC(C)=C(O)[C@H]1O[C@H](OC2(CO)O[C@H](CO)[C@@H](O)[C@@H]2O)[C@H](O)[C@@H](O)[C@@H]1O. The lowest BCUT2D eigenvalue weighted by Crippen LogP contribution is -2.62. The fourth-order valence-electron chi connectivity index (χ4n) is 2.92. The number of rotatable bonds is 5. The van der Waals surface area contributed by atoms with E-state index in [1.807, 2.05) is 0 Å². The van der Waals surface area contributed by atoms with Gasteiger partial charge in [-0.05, 0) is 19.4 Å². The van der Waals surface area contributed by atoms with Crippen LogP contribution in [0, 0.1) is 0 Å². The number of aliphatic hydroxyl groups is 8. The molecule has 0 amide bonds. The molecule has 26 heavy (non-hydrogen) atoms. The Kier molecular flexibility index (Phi) is 6.62. The van der Waals surface area contributed by atoms with Crippen molar-refractivity contribution in [3.8, 4) is 0 Å². The summed E-state index contributed by atoms with van der Waals surface area (Å²) in [6.07, 6.45) is -13.1. The fraction of sp³-hybridized carbons (Fsp3) is 0.867. The van der Waals surface area contributed by atoms with E-state index in [2.05, 4.69) is 0 Å². The first-order chi connectivity index (χ1) is 12.1. The molecule has 0 saturated carbocycles. The van der Waals surface area contributed by atoms with Crippen molar-refractivity contribution in [1.29, 1.82) is 0 Å². The minimum atomic E-state index is -2.26. The molecule has 0 aromatic heterocycles. The van der Waals surface area contributed by atoms with Crippen LogP contribution in [0.1, 0.15) is 13.8 Å². The number of aliphatic hydroxyl groups excluding tert-OH is 8. The third kappa shape index (κ3) is 3.60. The second kappa shape index (κ2) is 8.02. The quantitative estimate of drug-likeness (QED) is 0.220. The Morgan fingerprint density at radius 2 is 1.58 bits per heavy atom. The summed E-state index contributed by atoms with van der Waals surface area (Å²) in [5.41, 5.74) is 0.376. The molecule has 2 aliphatic rings. The maximum atomic E-state index is 10.1. The summed E-state index contributed by atoms with van der Waals surface area (Å²) in [5, 5.41) is 78.9. The topological polar surface area (TPSA) is 190 Å². The predicted octanol–water partition coefficient (Wildman–Crippen LogP) is -3.54. The minimum Gasteiger partial charge on any atom is -0.510 e. The molecule has 0 aromatic carbocycles. The standard InChI is InChI=1S/C15H26O11/c1-5(2)7(18)12-10(21)9(20)11(22)14(24-12)26-15(4-17)13(23)8(19)6(3-16)25-15/h6,8-14,16-23H,3-4H2,1-2H3/t6-,8-,9+,10+,11-,12-,13+,14-,15?/m1/s1. The Labute approximate surface area is 149 Å². The Balaban J connectivity index is 2.27. The summed E-state index contributed by atoms with van der Waals surface area (Å²) < 4.78 is 15.8. The van der Waals surface area contributed by atoms with Crippen LogP contribution in [0.4, 0.5) is 0 Å². The molecular formula is C15H26O11. The van der Waals surface area contributed by atoms with Gasteiger partial charge in [0.15, 0.2) is 6.29 Å². The number of allylic oxidation sites excluding steroid dienone is 1. The van der Waals surface area contributed by atoms with Crippen molar-refractivity contribution >= 4 is 0 Å². The van der Waals surface area contributed by atoms with Crippen molar-refractivity contribution in [3.05, 3.63) is 11.3 Å². The molecule has 0 radical (unpaired) electrons. The van der Waals surface area contributed by atoms with E-state index in [-0.39, 0.29) is 0 Å². The van der Waals surface area contributed by atoms with Crippen LogP contribution >= 0.6 is 0 Å². The summed E-state index contributed by atoms with van der Waals surface area (Å²) in [6.45, 7) is 1.39. The van der Waals surface area contributed by atoms with Crippen LogP contribution in [-0.4, -0.2) is 109 Å². The van der Waals surface area contributed by atoms with Gasteiger partial charge in [-0.3, -0.25) is 0 Å². The fourth-order valence-corrected chi connectivity index (χ4v) is 2.92. The van der Waals surface area contributed by atoms with Gasteiger partial charge in [-0.1, -0.05) is 0 Å². The zero-order chi connectivity index (χ0) is 19.8. The van der Waals surface area contributed by atoms with Gasteiger partial charge in [0.2, 0.25) is 5.79 Å². The summed E-state index contributed by atoms with van der Waals surface area (Å²) in [7, 11) is 0. The first-order valence-corrected chi connectivity index (χ1v) is 8.09. The van der Waals surface area contributed by atoms with Crippen LogP contribution in [0.15, 0.2) is 11.3 Å². The highest BCUT2D eigenvalue weighted by molar-refractivity contribution is 5.12. The highest BCUT2D eigenvalue weighted by Gasteiger charge is 2.58. The maximum Gasteiger partial charge on any atom is 0.224 e.